The van der Waals surface area contributed by atoms with Crippen LogP contribution in [-0.2, 0) is 6.42 Å². The standard InChI is InChI=1S/C22H18FN3/c1-3-20-18-12-15(7-9-21(18)26-13-25-20)17-5-4-10-24-22(17)16-6-8-19(23)14(2)11-16/h4-13H,3H2,1-2H3. The van der Waals surface area contributed by atoms with Gasteiger partial charge >= 0.3 is 0 Å². The maximum atomic E-state index is 13.7. The fourth-order valence-corrected chi connectivity index (χ4v) is 3.22. The van der Waals surface area contributed by atoms with E-state index >= 15 is 0 Å². The Morgan fingerprint density at radius 2 is 1.77 bits per heavy atom. The molecule has 0 fully saturated rings. The minimum atomic E-state index is -0.207. The largest absolute Gasteiger partial charge is 0.256 e. The van der Waals surface area contributed by atoms with Crippen LogP contribution in [0, 0.1) is 12.7 Å². The van der Waals surface area contributed by atoms with E-state index < -0.39 is 0 Å². The van der Waals surface area contributed by atoms with Crippen molar-refractivity contribution in [3.05, 3.63) is 78.1 Å². The van der Waals surface area contributed by atoms with Crippen LogP contribution in [0.2, 0.25) is 0 Å². The van der Waals surface area contributed by atoms with Gasteiger partial charge < -0.3 is 0 Å². The summed E-state index contributed by atoms with van der Waals surface area (Å²) in [5, 5.41) is 1.05. The van der Waals surface area contributed by atoms with Gasteiger partial charge in [-0.3, -0.25) is 4.98 Å². The quantitative estimate of drug-likeness (QED) is 0.502. The van der Waals surface area contributed by atoms with Crippen LogP contribution >= 0.6 is 0 Å². The zero-order chi connectivity index (χ0) is 18.1. The Morgan fingerprint density at radius 3 is 2.58 bits per heavy atom. The van der Waals surface area contributed by atoms with Gasteiger partial charge in [-0.25, -0.2) is 14.4 Å². The Morgan fingerprint density at radius 1 is 0.923 bits per heavy atom. The van der Waals surface area contributed by atoms with E-state index in [0.717, 1.165) is 45.4 Å². The smallest absolute Gasteiger partial charge is 0.126 e. The van der Waals surface area contributed by atoms with Crippen LogP contribution in [0.3, 0.4) is 0 Å². The molecular weight excluding hydrogens is 325 g/mol. The van der Waals surface area contributed by atoms with Gasteiger partial charge in [0.2, 0.25) is 0 Å². The summed E-state index contributed by atoms with van der Waals surface area (Å²) in [4.78, 5) is 13.3. The monoisotopic (exact) mass is 343 g/mol. The maximum Gasteiger partial charge on any atom is 0.126 e. The third-order valence-electron chi connectivity index (χ3n) is 4.60. The molecule has 0 aliphatic heterocycles. The lowest BCUT2D eigenvalue weighted by Crippen LogP contribution is -1.94. The SMILES string of the molecule is CCc1ncnc2ccc(-c3cccnc3-c3ccc(F)c(C)c3)cc12. The molecule has 0 saturated heterocycles. The van der Waals surface area contributed by atoms with Crippen molar-refractivity contribution in [2.75, 3.05) is 0 Å². The average molecular weight is 343 g/mol. The zero-order valence-corrected chi connectivity index (χ0v) is 14.7. The van der Waals surface area contributed by atoms with Crippen molar-refractivity contribution in [3.63, 3.8) is 0 Å². The van der Waals surface area contributed by atoms with Crippen LogP contribution in [0.5, 0.6) is 0 Å². The Hall–Kier alpha value is -3.14. The summed E-state index contributed by atoms with van der Waals surface area (Å²) >= 11 is 0. The highest BCUT2D eigenvalue weighted by atomic mass is 19.1. The van der Waals surface area contributed by atoms with Gasteiger partial charge in [0.25, 0.3) is 0 Å². The first-order chi connectivity index (χ1) is 12.7. The summed E-state index contributed by atoms with van der Waals surface area (Å²) in [6, 6.07) is 15.2. The highest BCUT2D eigenvalue weighted by Gasteiger charge is 2.12. The molecule has 2 heterocycles. The van der Waals surface area contributed by atoms with E-state index in [4.69, 9.17) is 0 Å². The van der Waals surface area contributed by atoms with Gasteiger partial charge in [-0.2, -0.15) is 0 Å². The number of hydrogen-bond donors (Lipinski definition) is 0. The fourth-order valence-electron chi connectivity index (χ4n) is 3.22. The first kappa shape index (κ1) is 16.3. The van der Waals surface area contributed by atoms with Crippen molar-refractivity contribution in [1.82, 2.24) is 15.0 Å². The Kier molecular flexibility index (Phi) is 4.17. The van der Waals surface area contributed by atoms with Crippen molar-refractivity contribution >= 4 is 10.9 Å². The lowest BCUT2D eigenvalue weighted by atomic mass is 9.97. The minimum Gasteiger partial charge on any atom is -0.256 e. The van der Waals surface area contributed by atoms with Gasteiger partial charge in [0.1, 0.15) is 12.1 Å². The van der Waals surface area contributed by atoms with Gasteiger partial charge in [0.15, 0.2) is 0 Å². The normalized spacial score (nSPS) is 11.0. The molecule has 0 bridgehead atoms. The van der Waals surface area contributed by atoms with E-state index in [1.54, 1.807) is 25.5 Å². The lowest BCUT2D eigenvalue weighted by molar-refractivity contribution is 0.619. The fraction of sp³-hybridized carbons (Fsp3) is 0.136. The van der Waals surface area contributed by atoms with Gasteiger partial charge in [0.05, 0.1) is 16.9 Å². The topological polar surface area (TPSA) is 38.7 Å². The van der Waals surface area contributed by atoms with Crippen molar-refractivity contribution < 1.29 is 4.39 Å². The van der Waals surface area contributed by atoms with Crippen molar-refractivity contribution in [2.45, 2.75) is 20.3 Å². The lowest BCUT2D eigenvalue weighted by Gasteiger charge is -2.11. The van der Waals surface area contributed by atoms with Crippen LogP contribution in [-0.4, -0.2) is 15.0 Å². The molecule has 4 aromatic rings. The van der Waals surface area contributed by atoms with Crippen LogP contribution in [0.4, 0.5) is 4.39 Å². The van der Waals surface area contributed by atoms with Crippen molar-refractivity contribution in [1.29, 1.82) is 0 Å². The van der Waals surface area contributed by atoms with Crippen molar-refractivity contribution in [2.24, 2.45) is 0 Å². The van der Waals surface area contributed by atoms with Crippen molar-refractivity contribution in [3.8, 4) is 22.4 Å². The molecule has 0 unspecified atom stereocenters. The number of aromatic nitrogens is 3. The number of rotatable bonds is 3. The second kappa shape index (κ2) is 6.64. The van der Waals surface area contributed by atoms with Gasteiger partial charge in [-0.15, -0.1) is 0 Å². The number of halogens is 1. The molecule has 2 aromatic heterocycles. The molecule has 0 atom stereocenters. The second-order valence-electron chi connectivity index (χ2n) is 6.27. The van der Waals surface area contributed by atoms with E-state index in [0.29, 0.717) is 5.56 Å². The number of benzene rings is 2. The molecule has 0 aliphatic carbocycles. The number of nitrogens with zero attached hydrogens (tertiary/aromatic N) is 3. The number of fused-ring (bicyclic) bond motifs is 1. The minimum absolute atomic E-state index is 0.207. The highest BCUT2D eigenvalue weighted by molar-refractivity contribution is 5.89. The Labute approximate surface area is 151 Å². The summed E-state index contributed by atoms with van der Waals surface area (Å²) in [6.07, 6.45) is 4.22. The summed E-state index contributed by atoms with van der Waals surface area (Å²) in [6.45, 7) is 3.85. The van der Waals surface area contributed by atoms with Gasteiger partial charge in [-0.1, -0.05) is 19.1 Å². The first-order valence-corrected chi connectivity index (χ1v) is 8.63. The molecular formula is C22H18FN3. The Bertz CT molecular complexity index is 1110. The number of hydrogen-bond acceptors (Lipinski definition) is 3. The molecule has 26 heavy (non-hydrogen) atoms. The Balaban J connectivity index is 1.91. The predicted molar refractivity (Wildman–Crippen MR) is 102 cm³/mol. The first-order valence-electron chi connectivity index (χ1n) is 8.63. The molecule has 2 aromatic carbocycles. The van der Waals surface area contributed by atoms with Crippen LogP contribution < -0.4 is 0 Å². The predicted octanol–water partition coefficient (Wildman–Crippen LogP) is 5.37. The summed E-state index contributed by atoms with van der Waals surface area (Å²) in [7, 11) is 0. The molecule has 3 nitrogen and oxygen atoms in total. The molecule has 0 aliphatic rings. The van der Waals surface area contributed by atoms with Crippen LogP contribution in [0.1, 0.15) is 18.2 Å². The molecule has 0 spiro atoms. The average Bonchev–Trinajstić information content (AvgIpc) is 2.69. The highest BCUT2D eigenvalue weighted by Crippen LogP contribution is 2.32. The molecule has 0 N–H and O–H groups in total. The molecule has 0 amide bonds. The molecule has 0 radical (unpaired) electrons. The van der Waals surface area contributed by atoms with E-state index in [9.17, 15) is 4.39 Å². The summed E-state index contributed by atoms with van der Waals surface area (Å²) < 4.78 is 13.7. The number of aryl methyl sites for hydroxylation is 2. The summed E-state index contributed by atoms with van der Waals surface area (Å²) in [5.41, 5.74) is 6.37. The molecule has 4 heteroatoms. The maximum absolute atomic E-state index is 13.7. The van der Waals surface area contributed by atoms with E-state index in [1.807, 2.05) is 30.3 Å². The summed E-state index contributed by atoms with van der Waals surface area (Å²) in [5.74, 6) is -0.207. The second-order valence-corrected chi connectivity index (χ2v) is 6.27. The molecule has 0 saturated carbocycles. The van der Waals surface area contributed by atoms with Crippen LogP contribution in [0.15, 0.2) is 61.1 Å². The third-order valence-corrected chi connectivity index (χ3v) is 4.60. The molecule has 128 valence electrons. The van der Waals surface area contributed by atoms with Gasteiger partial charge in [-0.05, 0) is 60.9 Å². The third kappa shape index (κ3) is 2.84. The number of pyridine rings is 1. The van der Waals surface area contributed by atoms with Gasteiger partial charge in [0, 0.05) is 22.7 Å². The van der Waals surface area contributed by atoms with Crippen LogP contribution in [0.25, 0.3) is 33.3 Å². The van der Waals surface area contributed by atoms with E-state index in [1.165, 1.54) is 6.07 Å². The molecule has 4 rings (SSSR count). The van der Waals surface area contributed by atoms with E-state index in [-0.39, 0.29) is 5.82 Å². The zero-order valence-electron chi connectivity index (χ0n) is 14.7. The van der Waals surface area contributed by atoms with E-state index in [2.05, 4.69) is 27.9 Å².